The fourth-order valence-electron chi connectivity index (χ4n) is 4.65. The van der Waals surface area contributed by atoms with E-state index >= 15 is 0 Å². The van der Waals surface area contributed by atoms with Gasteiger partial charge in [0.15, 0.2) is 5.82 Å². The lowest BCUT2D eigenvalue weighted by Crippen LogP contribution is -2.48. The third-order valence-corrected chi connectivity index (χ3v) is 6.45. The van der Waals surface area contributed by atoms with Gasteiger partial charge >= 0.3 is 0 Å². The summed E-state index contributed by atoms with van der Waals surface area (Å²) in [6, 6.07) is 9.68. The molecule has 31 heavy (non-hydrogen) atoms. The molecule has 2 aliphatic heterocycles. The van der Waals surface area contributed by atoms with E-state index in [2.05, 4.69) is 51.5 Å². The molecule has 5 rings (SSSR count). The molecular weight excluding hydrogens is 390 g/mol. The lowest BCUT2D eigenvalue weighted by Gasteiger charge is -2.36. The van der Waals surface area contributed by atoms with Gasteiger partial charge in [0.1, 0.15) is 5.82 Å². The van der Waals surface area contributed by atoms with Crippen molar-refractivity contribution in [2.45, 2.75) is 58.0 Å². The lowest BCUT2D eigenvalue weighted by molar-refractivity contribution is 0.0738. The van der Waals surface area contributed by atoms with Crippen molar-refractivity contribution in [2.75, 3.05) is 31.2 Å². The second-order valence-corrected chi connectivity index (χ2v) is 8.74. The third kappa shape index (κ3) is 4.43. The van der Waals surface area contributed by atoms with Crippen molar-refractivity contribution in [3.05, 3.63) is 35.7 Å². The van der Waals surface area contributed by atoms with Crippen LogP contribution in [0.5, 0.6) is 0 Å². The number of nitrogens with zero attached hydrogens (tertiary/aromatic N) is 4. The summed E-state index contributed by atoms with van der Waals surface area (Å²) < 4.78 is 11.1. The minimum absolute atomic E-state index is 0.556. The van der Waals surface area contributed by atoms with Crippen LogP contribution in [-0.2, 0) is 11.2 Å². The zero-order valence-corrected chi connectivity index (χ0v) is 18.4. The first-order chi connectivity index (χ1) is 15.2. The lowest BCUT2D eigenvalue weighted by atomic mass is 10.0. The SMILES string of the molecule is CCc1noc(-c2cc3cc(C)ccc3nc2N2CCC(NC3CCOCC3)CC2)n1. The average molecular weight is 422 g/mol. The van der Waals surface area contributed by atoms with Gasteiger partial charge in [-0.05, 0) is 50.8 Å². The quantitative estimate of drug-likeness (QED) is 0.670. The predicted octanol–water partition coefficient (Wildman–Crippen LogP) is 3.89. The monoisotopic (exact) mass is 421 g/mol. The molecule has 0 saturated carbocycles. The first kappa shape index (κ1) is 20.4. The van der Waals surface area contributed by atoms with Crippen LogP contribution in [0.15, 0.2) is 28.8 Å². The maximum atomic E-state index is 5.62. The Kier molecular flexibility index (Phi) is 5.87. The fourth-order valence-corrected chi connectivity index (χ4v) is 4.65. The van der Waals surface area contributed by atoms with Crippen molar-refractivity contribution in [3.63, 3.8) is 0 Å². The van der Waals surface area contributed by atoms with Crippen LogP contribution in [0.25, 0.3) is 22.4 Å². The molecule has 0 spiro atoms. The van der Waals surface area contributed by atoms with Crippen LogP contribution in [-0.4, -0.2) is 53.5 Å². The summed E-state index contributed by atoms with van der Waals surface area (Å²) >= 11 is 0. The van der Waals surface area contributed by atoms with E-state index in [1.165, 1.54) is 5.56 Å². The Hall–Kier alpha value is -2.51. The van der Waals surface area contributed by atoms with Gasteiger partial charge < -0.3 is 19.5 Å². The van der Waals surface area contributed by atoms with Crippen LogP contribution >= 0.6 is 0 Å². The molecule has 2 fully saturated rings. The van der Waals surface area contributed by atoms with Gasteiger partial charge in [-0.15, -0.1) is 0 Å². The molecule has 0 amide bonds. The molecule has 0 atom stereocenters. The highest BCUT2D eigenvalue weighted by Crippen LogP contribution is 2.33. The summed E-state index contributed by atoms with van der Waals surface area (Å²) in [4.78, 5) is 12.0. The Labute approximate surface area is 183 Å². The molecular formula is C24H31N5O2. The van der Waals surface area contributed by atoms with Gasteiger partial charge in [0, 0.05) is 50.2 Å². The van der Waals surface area contributed by atoms with Gasteiger partial charge in [0.25, 0.3) is 5.89 Å². The number of aryl methyl sites for hydroxylation is 2. The Morgan fingerprint density at radius 1 is 1.03 bits per heavy atom. The molecule has 4 heterocycles. The van der Waals surface area contributed by atoms with Crippen LogP contribution < -0.4 is 10.2 Å². The third-order valence-electron chi connectivity index (χ3n) is 6.45. The number of ether oxygens (including phenoxy) is 1. The summed E-state index contributed by atoms with van der Waals surface area (Å²) in [5.74, 6) is 2.24. The van der Waals surface area contributed by atoms with Gasteiger partial charge in [0.2, 0.25) is 0 Å². The maximum absolute atomic E-state index is 5.62. The van der Waals surface area contributed by atoms with Crippen LogP contribution in [0.3, 0.4) is 0 Å². The van der Waals surface area contributed by atoms with Crippen molar-refractivity contribution in [1.29, 1.82) is 0 Å². The molecule has 7 heteroatoms. The van der Waals surface area contributed by atoms with E-state index in [4.69, 9.17) is 14.2 Å². The maximum Gasteiger partial charge on any atom is 0.261 e. The first-order valence-corrected chi connectivity index (χ1v) is 11.5. The molecule has 2 aliphatic rings. The zero-order chi connectivity index (χ0) is 21.2. The highest BCUT2D eigenvalue weighted by atomic mass is 16.5. The number of hydrogen-bond acceptors (Lipinski definition) is 7. The number of aromatic nitrogens is 3. The highest BCUT2D eigenvalue weighted by molar-refractivity contribution is 5.88. The Balaban J connectivity index is 1.40. The fraction of sp³-hybridized carbons (Fsp3) is 0.542. The van der Waals surface area contributed by atoms with Crippen molar-refractivity contribution in [3.8, 4) is 11.5 Å². The number of nitrogens with one attached hydrogen (secondary N) is 1. The normalized spacial score (nSPS) is 18.7. The van der Waals surface area contributed by atoms with Gasteiger partial charge in [-0.1, -0.05) is 23.7 Å². The number of anilines is 1. The minimum Gasteiger partial charge on any atom is -0.381 e. The number of pyridine rings is 1. The average Bonchev–Trinajstić information content (AvgIpc) is 3.29. The molecule has 2 aromatic heterocycles. The number of fused-ring (bicyclic) bond motifs is 1. The zero-order valence-electron chi connectivity index (χ0n) is 18.4. The van der Waals surface area contributed by atoms with Crippen LogP contribution in [0.1, 0.15) is 44.0 Å². The van der Waals surface area contributed by atoms with Gasteiger partial charge in [-0.3, -0.25) is 0 Å². The molecule has 7 nitrogen and oxygen atoms in total. The summed E-state index contributed by atoms with van der Waals surface area (Å²) in [5.41, 5.74) is 3.15. The Morgan fingerprint density at radius 3 is 2.55 bits per heavy atom. The largest absolute Gasteiger partial charge is 0.381 e. The molecule has 1 aromatic carbocycles. The number of benzene rings is 1. The number of rotatable bonds is 5. The van der Waals surface area contributed by atoms with E-state index in [0.717, 1.165) is 86.5 Å². The van der Waals surface area contributed by atoms with Crippen molar-refractivity contribution in [1.82, 2.24) is 20.4 Å². The van der Waals surface area contributed by atoms with Crippen molar-refractivity contribution < 1.29 is 9.26 Å². The standard InChI is InChI=1S/C24H31N5O2/c1-3-22-27-24(31-28-22)20-15-17-14-16(2)4-5-21(17)26-23(20)29-10-6-18(7-11-29)25-19-8-12-30-13-9-19/h4-5,14-15,18-19,25H,3,6-13H2,1-2H3. The smallest absolute Gasteiger partial charge is 0.261 e. The van der Waals surface area contributed by atoms with E-state index < -0.39 is 0 Å². The van der Waals surface area contributed by atoms with E-state index in [9.17, 15) is 0 Å². The summed E-state index contributed by atoms with van der Waals surface area (Å²) in [6.07, 6.45) is 5.20. The van der Waals surface area contributed by atoms with E-state index in [1.54, 1.807) is 0 Å². The molecule has 164 valence electrons. The molecule has 0 bridgehead atoms. The van der Waals surface area contributed by atoms with Crippen molar-refractivity contribution in [2.24, 2.45) is 0 Å². The highest BCUT2D eigenvalue weighted by Gasteiger charge is 2.26. The van der Waals surface area contributed by atoms with E-state index in [-0.39, 0.29) is 0 Å². The second-order valence-electron chi connectivity index (χ2n) is 8.74. The number of piperidine rings is 1. The van der Waals surface area contributed by atoms with Crippen LogP contribution in [0, 0.1) is 6.92 Å². The van der Waals surface area contributed by atoms with Crippen molar-refractivity contribution >= 4 is 16.7 Å². The minimum atomic E-state index is 0.556. The van der Waals surface area contributed by atoms with Crippen LogP contribution in [0.2, 0.25) is 0 Å². The molecule has 1 N–H and O–H groups in total. The molecule has 0 unspecified atom stereocenters. The van der Waals surface area contributed by atoms with E-state index in [0.29, 0.717) is 18.0 Å². The molecule has 0 aliphatic carbocycles. The van der Waals surface area contributed by atoms with E-state index in [1.807, 2.05) is 6.92 Å². The Morgan fingerprint density at radius 2 is 1.81 bits per heavy atom. The summed E-state index contributed by atoms with van der Waals surface area (Å²) in [5, 5.41) is 9.08. The summed E-state index contributed by atoms with van der Waals surface area (Å²) in [6.45, 7) is 7.83. The van der Waals surface area contributed by atoms with Gasteiger partial charge in [-0.25, -0.2) is 4.98 Å². The topological polar surface area (TPSA) is 76.3 Å². The molecule has 0 radical (unpaired) electrons. The molecule has 3 aromatic rings. The predicted molar refractivity (Wildman–Crippen MR) is 121 cm³/mol. The summed E-state index contributed by atoms with van der Waals surface area (Å²) in [7, 11) is 0. The first-order valence-electron chi connectivity index (χ1n) is 11.5. The molecule has 2 saturated heterocycles. The Bertz CT molecular complexity index is 1040. The van der Waals surface area contributed by atoms with Gasteiger partial charge in [0.05, 0.1) is 11.1 Å². The number of hydrogen-bond donors (Lipinski definition) is 1. The van der Waals surface area contributed by atoms with Crippen LogP contribution in [0.4, 0.5) is 5.82 Å². The van der Waals surface area contributed by atoms with Gasteiger partial charge in [-0.2, -0.15) is 4.98 Å². The second kappa shape index (κ2) is 8.93.